The minimum absolute atomic E-state index is 0.0171. The van der Waals surface area contributed by atoms with Crippen molar-refractivity contribution in [2.24, 2.45) is 0 Å². The topological polar surface area (TPSA) is 50.9 Å². The van der Waals surface area contributed by atoms with Crippen LogP contribution in [0.3, 0.4) is 0 Å². The van der Waals surface area contributed by atoms with Crippen molar-refractivity contribution in [3.05, 3.63) is 168 Å². The van der Waals surface area contributed by atoms with E-state index in [4.69, 9.17) is 9.97 Å². The van der Waals surface area contributed by atoms with Crippen LogP contribution in [0.25, 0.3) is 72.7 Å². The van der Waals surface area contributed by atoms with Gasteiger partial charge in [-0.1, -0.05) is 153 Å². The van der Waals surface area contributed by atoms with Crippen LogP contribution >= 0.6 is 0 Å². The number of nitrogens with zero attached hydrogens (tertiary/aromatic N) is 3. The smallest absolute Gasteiger partial charge is 0.149 e. The number of pyridine rings is 1. The summed E-state index contributed by atoms with van der Waals surface area (Å²) in [5.74, 6) is 0.964. The van der Waals surface area contributed by atoms with Crippen molar-refractivity contribution in [2.75, 3.05) is 0 Å². The zero-order valence-corrected chi connectivity index (χ0v) is 36.9. The zero-order chi connectivity index (χ0) is 42.6. The molecule has 2 heterocycles. The number of hydrogen-bond donors (Lipinski definition) is 1. The Morgan fingerprint density at radius 1 is 0.550 bits per heavy atom. The van der Waals surface area contributed by atoms with Gasteiger partial charge in [0.2, 0.25) is 0 Å². The van der Waals surface area contributed by atoms with Gasteiger partial charge in [0.1, 0.15) is 11.6 Å². The minimum atomic E-state index is -0.287. The third-order valence-corrected chi connectivity index (χ3v) is 12.2. The van der Waals surface area contributed by atoms with Gasteiger partial charge in [0.15, 0.2) is 0 Å². The SMILES string of the molecule is CCC(C)(C)c1ccc(-n2c(-c3cc(C)cc(C(C)(C)C)c3O)nc3c(-c4cc(-c5cc(-c6ccccc6)ccn5)cc(C(C)(C)C)c4)cccc32)c(-c2ccccc2)c1. The molecule has 0 saturated carbocycles. The summed E-state index contributed by atoms with van der Waals surface area (Å²) in [7, 11) is 0. The van der Waals surface area contributed by atoms with Crippen molar-refractivity contribution in [2.45, 2.75) is 91.9 Å². The molecule has 0 amide bonds. The van der Waals surface area contributed by atoms with E-state index in [1.54, 1.807) is 0 Å². The number of rotatable bonds is 8. The highest BCUT2D eigenvalue weighted by atomic mass is 16.3. The van der Waals surface area contributed by atoms with Crippen molar-refractivity contribution in [3.63, 3.8) is 0 Å². The van der Waals surface area contributed by atoms with Gasteiger partial charge in [-0.15, -0.1) is 0 Å². The fourth-order valence-electron chi connectivity index (χ4n) is 8.25. The lowest BCUT2D eigenvalue weighted by Gasteiger charge is -2.26. The van der Waals surface area contributed by atoms with Crippen LogP contribution < -0.4 is 0 Å². The van der Waals surface area contributed by atoms with Crippen LogP contribution in [-0.2, 0) is 16.2 Å². The standard InChI is InChI=1S/C56H57N3O/c1-11-56(9,10)42-25-26-49(45(35-42)38-21-16-13-17-22-38)59-50-24-18-23-44(51(50)58-53(59)46-29-36(2)30-47(52(46)60)55(6,7)8)40-31-41(33-43(32-40)54(3,4)5)48-34-39(27-28-57-48)37-19-14-12-15-20-37/h12-35,60H,11H2,1-10H3. The third-order valence-electron chi connectivity index (χ3n) is 12.2. The number of aromatic nitrogens is 3. The Hall–Kier alpha value is -6.26. The van der Waals surface area contributed by atoms with Crippen molar-refractivity contribution in [1.29, 1.82) is 0 Å². The van der Waals surface area contributed by atoms with Crippen molar-refractivity contribution in [1.82, 2.24) is 14.5 Å². The van der Waals surface area contributed by atoms with Crippen LogP contribution in [0.4, 0.5) is 0 Å². The van der Waals surface area contributed by atoms with E-state index in [-0.39, 0.29) is 22.0 Å². The monoisotopic (exact) mass is 787 g/mol. The van der Waals surface area contributed by atoms with Crippen LogP contribution in [0.15, 0.2) is 146 Å². The summed E-state index contributed by atoms with van der Waals surface area (Å²) in [6.07, 6.45) is 2.92. The maximum absolute atomic E-state index is 12.3. The predicted octanol–water partition coefficient (Wildman–Crippen LogP) is 15.1. The molecular formula is C56H57N3O. The Kier molecular flexibility index (Phi) is 10.4. The molecule has 0 aliphatic heterocycles. The summed E-state index contributed by atoms with van der Waals surface area (Å²) < 4.78 is 2.28. The Morgan fingerprint density at radius 2 is 1.23 bits per heavy atom. The molecule has 0 bridgehead atoms. The predicted molar refractivity (Wildman–Crippen MR) is 253 cm³/mol. The maximum atomic E-state index is 12.3. The second-order valence-corrected chi connectivity index (χ2v) is 19.1. The van der Waals surface area contributed by atoms with E-state index in [1.807, 2.05) is 12.3 Å². The van der Waals surface area contributed by atoms with Gasteiger partial charge in [0.25, 0.3) is 0 Å². The first kappa shape index (κ1) is 40.5. The van der Waals surface area contributed by atoms with E-state index in [0.29, 0.717) is 11.4 Å². The number of aryl methyl sites for hydroxylation is 1. The fraction of sp³-hybridized carbons (Fsp3) is 0.250. The van der Waals surface area contributed by atoms with Crippen LogP contribution in [0.1, 0.15) is 91.0 Å². The molecule has 60 heavy (non-hydrogen) atoms. The summed E-state index contributed by atoms with van der Waals surface area (Å²) in [4.78, 5) is 10.5. The molecule has 2 aromatic heterocycles. The van der Waals surface area contributed by atoms with E-state index in [0.717, 1.165) is 78.9 Å². The number of benzene rings is 6. The molecule has 0 saturated heterocycles. The average Bonchev–Trinajstić information content (AvgIpc) is 3.63. The number of imidazole rings is 1. The second-order valence-electron chi connectivity index (χ2n) is 19.1. The van der Waals surface area contributed by atoms with E-state index in [9.17, 15) is 5.11 Å². The van der Waals surface area contributed by atoms with Crippen LogP contribution in [0, 0.1) is 6.92 Å². The number of phenols is 1. The summed E-state index contributed by atoms with van der Waals surface area (Å²) in [5, 5.41) is 12.3. The third kappa shape index (κ3) is 7.68. The molecule has 0 aliphatic carbocycles. The van der Waals surface area contributed by atoms with Gasteiger partial charge in [-0.25, -0.2) is 4.98 Å². The fourth-order valence-corrected chi connectivity index (χ4v) is 8.25. The summed E-state index contributed by atoms with van der Waals surface area (Å²) in [5.41, 5.74) is 16.2. The molecule has 8 rings (SSSR count). The van der Waals surface area contributed by atoms with Gasteiger partial charge in [-0.05, 0) is 117 Å². The Labute approximate surface area is 356 Å². The summed E-state index contributed by atoms with van der Waals surface area (Å²) in [6, 6.07) is 49.9. The number of para-hydroxylation sites is 1. The lowest BCUT2D eigenvalue weighted by atomic mass is 9.81. The van der Waals surface area contributed by atoms with E-state index in [1.165, 1.54) is 11.1 Å². The number of hydrogen-bond acceptors (Lipinski definition) is 3. The highest BCUT2D eigenvalue weighted by Crippen LogP contribution is 2.45. The van der Waals surface area contributed by atoms with Crippen molar-refractivity contribution >= 4 is 11.0 Å². The first-order chi connectivity index (χ1) is 28.5. The molecule has 0 radical (unpaired) electrons. The highest BCUT2D eigenvalue weighted by Gasteiger charge is 2.28. The molecule has 0 atom stereocenters. The lowest BCUT2D eigenvalue weighted by Crippen LogP contribution is -2.16. The minimum Gasteiger partial charge on any atom is -0.507 e. The molecule has 6 aromatic carbocycles. The molecule has 4 nitrogen and oxygen atoms in total. The van der Waals surface area contributed by atoms with Gasteiger partial charge < -0.3 is 5.11 Å². The van der Waals surface area contributed by atoms with Gasteiger partial charge in [-0.2, -0.15) is 0 Å². The first-order valence-electron chi connectivity index (χ1n) is 21.3. The summed E-state index contributed by atoms with van der Waals surface area (Å²) in [6.45, 7) is 22.2. The Balaban J connectivity index is 1.44. The Bertz CT molecular complexity index is 2850. The van der Waals surface area contributed by atoms with Crippen molar-refractivity contribution < 1.29 is 5.11 Å². The van der Waals surface area contributed by atoms with Gasteiger partial charge in [-0.3, -0.25) is 9.55 Å². The first-order valence-corrected chi connectivity index (χ1v) is 21.3. The van der Waals surface area contributed by atoms with Gasteiger partial charge in [0, 0.05) is 28.5 Å². The summed E-state index contributed by atoms with van der Waals surface area (Å²) >= 11 is 0. The molecule has 302 valence electrons. The normalized spacial score (nSPS) is 12.3. The van der Waals surface area contributed by atoms with E-state index >= 15 is 0 Å². The second kappa shape index (κ2) is 15.4. The zero-order valence-electron chi connectivity index (χ0n) is 36.9. The quantitative estimate of drug-likeness (QED) is 0.167. The highest BCUT2D eigenvalue weighted by molar-refractivity contribution is 5.98. The van der Waals surface area contributed by atoms with Crippen LogP contribution in [0.2, 0.25) is 0 Å². The molecule has 1 N–H and O–H groups in total. The molecule has 0 fully saturated rings. The Morgan fingerprint density at radius 3 is 1.90 bits per heavy atom. The number of fused-ring (bicyclic) bond motifs is 1. The number of phenolic OH excluding ortho intramolecular Hbond substituents is 1. The molecule has 0 unspecified atom stereocenters. The molecule has 0 spiro atoms. The van der Waals surface area contributed by atoms with Crippen LogP contribution in [-0.4, -0.2) is 19.6 Å². The molecule has 8 aromatic rings. The van der Waals surface area contributed by atoms with Crippen molar-refractivity contribution in [3.8, 4) is 67.5 Å². The van der Waals surface area contributed by atoms with Gasteiger partial charge in [0.05, 0.1) is 28.0 Å². The van der Waals surface area contributed by atoms with E-state index < -0.39 is 0 Å². The van der Waals surface area contributed by atoms with E-state index in [2.05, 4.69) is 207 Å². The van der Waals surface area contributed by atoms with Gasteiger partial charge >= 0.3 is 0 Å². The molecule has 4 heteroatoms. The van der Waals surface area contributed by atoms with Crippen LogP contribution in [0.5, 0.6) is 5.75 Å². The largest absolute Gasteiger partial charge is 0.507 e. The molecular weight excluding hydrogens is 731 g/mol. The number of aromatic hydroxyl groups is 1. The maximum Gasteiger partial charge on any atom is 0.149 e. The molecule has 0 aliphatic rings. The average molecular weight is 788 g/mol. The lowest BCUT2D eigenvalue weighted by molar-refractivity contribution is 0.448.